The number of hydrogen-bond donors (Lipinski definition) is 3. The lowest BCUT2D eigenvalue weighted by Crippen LogP contribution is -2.39. The summed E-state index contributed by atoms with van der Waals surface area (Å²) in [5.41, 5.74) is 1.39. The second-order valence-corrected chi connectivity index (χ2v) is 6.70. The number of allylic oxidation sites excluding steroid dienone is 1. The van der Waals surface area contributed by atoms with Crippen LogP contribution in [-0.2, 0) is 4.79 Å². The number of rotatable bonds is 6. The lowest BCUT2D eigenvalue weighted by atomic mass is 10.2. The first-order valence-corrected chi connectivity index (χ1v) is 8.06. The van der Waals surface area contributed by atoms with E-state index in [9.17, 15) is 9.90 Å². The van der Waals surface area contributed by atoms with Crippen LogP contribution in [0, 0.1) is 11.3 Å². The number of hydrogen-bond acceptors (Lipinski definition) is 5. The molecule has 1 unspecified atom stereocenters. The maximum Gasteiger partial charge on any atom is 0.233 e. The molecule has 2 rings (SSSR count). The summed E-state index contributed by atoms with van der Waals surface area (Å²) in [6.07, 6.45) is 1.74. The van der Waals surface area contributed by atoms with Gasteiger partial charge in [0.25, 0.3) is 0 Å². The minimum Gasteiger partial charge on any atom is -0.389 e. The number of benzene rings is 1. The molecule has 0 aromatic heterocycles. The molecule has 116 valence electrons. The lowest BCUT2D eigenvalue weighted by Gasteiger charge is -2.15. The number of nitriles is 1. The first kappa shape index (κ1) is 16.7. The van der Waals surface area contributed by atoms with Crippen molar-refractivity contribution in [1.29, 1.82) is 5.26 Å². The van der Waals surface area contributed by atoms with Gasteiger partial charge in [0, 0.05) is 18.8 Å². The number of aliphatic hydroxyl groups is 1. The van der Waals surface area contributed by atoms with E-state index in [4.69, 9.17) is 16.9 Å². The van der Waals surface area contributed by atoms with Crippen molar-refractivity contribution in [3.8, 4) is 6.07 Å². The number of anilines is 1. The van der Waals surface area contributed by atoms with Crippen LogP contribution in [0.1, 0.15) is 12.0 Å². The summed E-state index contributed by atoms with van der Waals surface area (Å²) in [6, 6.07) is 8.98. The largest absolute Gasteiger partial charge is 0.389 e. The first-order valence-electron chi connectivity index (χ1n) is 6.80. The molecule has 2 atom stereocenters. The summed E-state index contributed by atoms with van der Waals surface area (Å²) in [5, 5.41) is 24.2. The van der Waals surface area contributed by atoms with E-state index in [1.165, 1.54) is 11.8 Å². The van der Waals surface area contributed by atoms with Crippen molar-refractivity contribution >= 4 is 35.0 Å². The molecule has 1 aliphatic rings. The fraction of sp³-hybridized carbons (Fsp3) is 0.333. The Hall–Kier alpha value is -1.68. The summed E-state index contributed by atoms with van der Waals surface area (Å²) < 4.78 is 0.642. The molecule has 1 heterocycles. The van der Waals surface area contributed by atoms with Crippen LogP contribution in [0.5, 0.6) is 0 Å². The third kappa shape index (κ3) is 4.95. The van der Waals surface area contributed by atoms with Gasteiger partial charge in [0.05, 0.1) is 27.4 Å². The molecule has 0 saturated carbocycles. The second-order valence-electron chi connectivity index (χ2n) is 4.82. The Morgan fingerprint density at radius 3 is 2.77 bits per heavy atom. The van der Waals surface area contributed by atoms with Crippen molar-refractivity contribution < 1.29 is 9.90 Å². The Labute approximate surface area is 138 Å². The number of thioether (sulfide) groups is 1. The molecule has 1 aromatic rings. The number of nitrogens with zero attached hydrogens (tertiary/aromatic N) is 1. The Morgan fingerprint density at radius 1 is 1.45 bits per heavy atom. The van der Waals surface area contributed by atoms with Gasteiger partial charge >= 0.3 is 0 Å². The molecule has 5 nitrogen and oxygen atoms in total. The molecule has 1 amide bonds. The molecule has 0 saturated heterocycles. The Kier molecular flexibility index (Phi) is 6.13. The van der Waals surface area contributed by atoms with E-state index >= 15 is 0 Å². The average molecular weight is 338 g/mol. The minimum atomic E-state index is -0.700. The van der Waals surface area contributed by atoms with Crippen molar-refractivity contribution in [3.05, 3.63) is 40.3 Å². The summed E-state index contributed by atoms with van der Waals surface area (Å²) in [6.45, 7) is 0.486. The molecule has 0 spiro atoms. The lowest BCUT2D eigenvalue weighted by molar-refractivity contribution is -0.120. The monoisotopic (exact) mass is 337 g/mol. The van der Waals surface area contributed by atoms with Crippen molar-refractivity contribution in [1.82, 2.24) is 5.32 Å². The molecule has 7 heteroatoms. The van der Waals surface area contributed by atoms with Gasteiger partial charge in [0.2, 0.25) is 5.91 Å². The number of carbonyl (C=O) groups excluding carboxylic acids is 1. The van der Waals surface area contributed by atoms with Crippen LogP contribution in [0.2, 0.25) is 0 Å². The number of halogens is 1. The Bertz CT molecular complexity index is 598. The Morgan fingerprint density at radius 2 is 2.18 bits per heavy atom. The van der Waals surface area contributed by atoms with E-state index in [-0.39, 0.29) is 17.7 Å². The summed E-state index contributed by atoms with van der Waals surface area (Å²) >= 11 is 7.15. The average Bonchev–Trinajstić information content (AvgIpc) is 2.97. The molecule has 22 heavy (non-hydrogen) atoms. The normalized spacial score (nSPS) is 18.2. The second kappa shape index (κ2) is 8.08. The topological polar surface area (TPSA) is 85.2 Å². The summed E-state index contributed by atoms with van der Waals surface area (Å²) in [7, 11) is 0. The first-order chi connectivity index (χ1) is 10.6. The van der Waals surface area contributed by atoms with Gasteiger partial charge in [-0.25, -0.2) is 0 Å². The zero-order chi connectivity index (χ0) is 15.9. The highest BCUT2D eigenvalue weighted by Gasteiger charge is 2.24. The molecule has 0 radical (unpaired) electrons. The molecular weight excluding hydrogens is 322 g/mol. The van der Waals surface area contributed by atoms with Crippen LogP contribution in [0.4, 0.5) is 5.69 Å². The van der Waals surface area contributed by atoms with Gasteiger partial charge in [-0.15, -0.1) is 11.8 Å². The van der Waals surface area contributed by atoms with Gasteiger partial charge in [0.15, 0.2) is 0 Å². The van der Waals surface area contributed by atoms with Crippen LogP contribution in [0.3, 0.4) is 0 Å². The highest BCUT2D eigenvalue weighted by atomic mass is 35.5. The van der Waals surface area contributed by atoms with Crippen LogP contribution >= 0.6 is 23.4 Å². The molecule has 1 aliphatic heterocycles. The zero-order valence-electron chi connectivity index (χ0n) is 11.8. The van der Waals surface area contributed by atoms with E-state index in [0.717, 1.165) is 5.69 Å². The van der Waals surface area contributed by atoms with E-state index < -0.39 is 6.10 Å². The maximum absolute atomic E-state index is 11.9. The summed E-state index contributed by atoms with van der Waals surface area (Å²) in [5.74, 6) is -0.116. The summed E-state index contributed by atoms with van der Waals surface area (Å²) in [4.78, 5) is 11.9. The van der Waals surface area contributed by atoms with Crippen LogP contribution in [0.25, 0.3) is 0 Å². The van der Waals surface area contributed by atoms with Crippen LogP contribution in [-0.4, -0.2) is 35.5 Å². The third-order valence-corrected chi connectivity index (χ3v) is 4.61. The highest BCUT2D eigenvalue weighted by molar-refractivity contribution is 8.06. The van der Waals surface area contributed by atoms with Crippen LogP contribution in [0.15, 0.2) is 34.7 Å². The number of amides is 1. The standard InChI is InChI=1S/C15H16ClN3O2S/c16-14-6-5-13(22-14)15(21)19-9-12(20)8-18-11-3-1-10(7-17)2-4-11/h1-4,6,12-13,18,20H,5,8-9H2,(H,19,21)/t12-,13?/m1/s1. The maximum atomic E-state index is 11.9. The predicted molar refractivity (Wildman–Crippen MR) is 88.6 cm³/mol. The molecule has 1 aromatic carbocycles. The van der Waals surface area contributed by atoms with Crippen LogP contribution < -0.4 is 10.6 Å². The SMILES string of the molecule is N#Cc1ccc(NC[C@@H](O)CNC(=O)C2CC=C(Cl)S2)cc1. The molecule has 0 bridgehead atoms. The fourth-order valence-electron chi connectivity index (χ4n) is 1.90. The smallest absolute Gasteiger partial charge is 0.233 e. The van der Waals surface area contributed by atoms with Gasteiger partial charge in [-0.3, -0.25) is 4.79 Å². The van der Waals surface area contributed by atoms with Crippen molar-refractivity contribution in [2.24, 2.45) is 0 Å². The molecular formula is C15H16ClN3O2S. The van der Waals surface area contributed by atoms with E-state index in [0.29, 0.717) is 22.9 Å². The fourth-order valence-corrected chi connectivity index (χ4v) is 3.15. The van der Waals surface area contributed by atoms with Crippen molar-refractivity contribution in [3.63, 3.8) is 0 Å². The van der Waals surface area contributed by atoms with Gasteiger partial charge in [-0.1, -0.05) is 17.7 Å². The highest BCUT2D eigenvalue weighted by Crippen LogP contribution is 2.34. The number of aliphatic hydroxyl groups excluding tert-OH is 1. The van der Waals surface area contributed by atoms with Gasteiger partial charge in [-0.05, 0) is 30.7 Å². The number of nitrogens with one attached hydrogen (secondary N) is 2. The van der Waals surface area contributed by atoms with E-state index in [1.54, 1.807) is 24.3 Å². The van der Waals surface area contributed by atoms with Crippen molar-refractivity contribution in [2.75, 3.05) is 18.4 Å². The number of carbonyl (C=O) groups is 1. The molecule has 3 N–H and O–H groups in total. The van der Waals surface area contributed by atoms with Gasteiger partial charge in [-0.2, -0.15) is 5.26 Å². The predicted octanol–water partition coefficient (Wildman–Crippen LogP) is 2.03. The minimum absolute atomic E-state index is 0.116. The third-order valence-electron chi connectivity index (χ3n) is 3.11. The van der Waals surface area contributed by atoms with Gasteiger partial charge < -0.3 is 15.7 Å². The quantitative estimate of drug-likeness (QED) is 0.739. The van der Waals surface area contributed by atoms with E-state index in [1.807, 2.05) is 12.1 Å². The van der Waals surface area contributed by atoms with Gasteiger partial charge in [0.1, 0.15) is 0 Å². The zero-order valence-corrected chi connectivity index (χ0v) is 13.3. The van der Waals surface area contributed by atoms with E-state index in [2.05, 4.69) is 10.6 Å². The molecule has 0 fully saturated rings. The van der Waals surface area contributed by atoms with Crippen molar-refractivity contribution in [2.45, 2.75) is 17.8 Å². The molecule has 0 aliphatic carbocycles. The Balaban J connectivity index is 1.68.